The van der Waals surface area contributed by atoms with Crippen molar-refractivity contribution < 1.29 is 9.00 Å². The molecule has 110 valence electrons. The predicted molar refractivity (Wildman–Crippen MR) is 86.3 cm³/mol. The Labute approximate surface area is 127 Å². The van der Waals surface area contributed by atoms with E-state index >= 15 is 0 Å². The van der Waals surface area contributed by atoms with Gasteiger partial charge in [-0.15, -0.1) is 0 Å². The Balaban J connectivity index is 2.13. The van der Waals surface area contributed by atoms with Crippen LogP contribution >= 0.6 is 0 Å². The molecule has 0 fully saturated rings. The van der Waals surface area contributed by atoms with Crippen molar-refractivity contribution >= 4 is 16.7 Å². The van der Waals surface area contributed by atoms with Gasteiger partial charge in [-0.05, 0) is 24.0 Å². The molecule has 0 aliphatic carbocycles. The molecule has 0 aliphatic heterocycles. The zero-order valence-corrected chi connectivity index (χ0v) is 12.6. The first-order valence-corrected chi connectivity index (χ1v) is 8.26. The molecule has 0 heterocycles. The highest BCUT2D eigenvalue weighted by Crippen LogP contribution is 2.14. The lowest BCUT2D eigenvalue weighted by molar-refractivity contribution is -0.115. The van der Waals surface area contributed by atoms with Gasteiger partial charge in [0.2, 0.25) is 5.91 Å². The van der Waals surface area contributed by atoms with E-state index in [4.69, 9.17) is 5.73 Å². The number of benzene rings is 2. The summed E-state index contributed by atoms with van der Waals surface area (Å²) >= 11 is 0. The fourth-order valence-electron chi connectivity index (χ4n) is 2.27. The summed E-state index contributed by atoms with van der Waals surface area (Å²) in [6.45, 7) is 0. The van der Waals surface area contributed by atoms with E-state index in [1.165, 1.54) is 0 Å². The molecule has 0 radical (unpaired) electrons. The third-order valence-electron chi connectivity index (χ3n) is 3.27. The monoisotopic (exact) mass is 301 g/mol. The largest absolute Gasteiger partial charge is 0.369 e. The molecular formula is C17H19NO2S. The van der Waals surface area contributed by atoms with Gasteiger partial charge < -0.3 is 5.73 Å². The minimum atomic E-state index is -1.26. The Hall–Kier alpha value is -1.94. The zero-order valence-electron chi connectivity index (χ0n) is 11.8. The number of nitrogens with two attached hydrogens (primary N) is 1. The van der Waals surface area contributed by atoms with E-state index in [0.717, 1.165) is 11.1 Å². The second kappa shape index (κ2) is 7.74. The first-order chi connectivity index (χ1) is 10.1. The molecule has 0 saturated carbocycles. The molecule has 1 atom stereocenters. The van der Waals surface area contributed by atoms with Gasteiger partial charge in [-0.2, -0.15) is 0 Å². The molecule has 3 nitrogen and oxygen atoms in total. The van der Waals surface area contributed by atoms with Crippen LogP contribution in [0, 0.1) is 0 Å². The Morgan fingerprint density at radius 2 is 1.33 bits per heavy atom. The molecule has 21 heavy (non-hydrogen) atoms. The molecule has 0 aliphatic rings. The lowest BCUT2D eigenvalue weighted by Gasteiger charge is -2.16. The van der Waals surface area contributed by atoms with Crippen molar-refractivity contribution in [3.63, 3.8) is 0 Å². The summed E-state index contributed by atoms with van der Waals surface area (Å²) in [4.78, 5) is 11.0. The van der Waals surface area contributed by atoms with Crippen LogP contribution in [0.5, 0.6) is 0 Å². The summed E-state index contributed by atoms with van der Waals surface area (Å²) in [6, 6.07) is 19.8. The van der Waals surface area contributed by atoms with Crippen LogP contribution in [0.1, 0.15) is 11.1 Å². The summed E-state index contributed by atoms with van der Waals surface area (Å²) < 4.78 is 12.4. The van der Waals surface area contributed by atoms with Crippen LogP contribution < -0.4 is 5.73 Å². The Morgan fingerprint density at radius 3 is 1.71 bits per heavy atom. The van der Waals surface area contributed by atoms with Gasteiger partial charge in [-0.1, -0.05) is 60.7 Å². The van der Waals surface area contributed by atoms with Gasteiger partial charge in [0, 0.05) is 16.0 Å². The van der Waals surface area contributed by atoms with Gasteiger partial charge in [-0.25, -0.2) is 0 Å². The predicted octanol–water partition coefficient (Wildman–Crippen LogP) is 2.07. The third kappa shape index (κ3) is 5.16. The normalized spacial score (nSPS) is 12.2. The molecule has 0 aromatic heterocycles. The molecule has 0 bridgehead atoms. The fraction of sp³-hybridized carbons (Fsp3) is 0.235. The third-order valence-corrected chi connectivity index (χ3v) is 4.91. The van der Waals surface area contributed by atoms with E-state index in [1.54, 1.807) is 0 Å². The maximum atomic E-state index is 12.4. The van der Waals surface area contributed by atoms with Crippen LogP contribution in [0.2, 0.25) is 0 Å². The van der Waals surface area contributed by atoms with Gasteiger partial charge in [0.05, 0.1) is 0 Å². The number of carbonyl (C=O) groups is 1. The van der Waals surface area contributed by atoms with Crippen molar-refractivity contribution in [2.75, 3.05) is 5.75 Å². The maximum absolute atomic E-state index is 12.4. The summed E-state index contributed by atoms with van der Waals surface area (Å²) in [5.41, 5.74) is 7.43. The molecular weight excluding hydrogens is 282 g/mol. The van der Waals surface area contributed by atoms with E-state index in [1.807, 2.05) is 60.7 Å². The zero-order chi connectivity index (χ0) is 15.1. The summed E-state index contributed by atoms with van der Waals surface area (Å²) in [7, 11) is -1.26. The Bertz CT molecular complexity index is 557. The SMILES string of the molecule is NC(=O)CS(=O)C(Cc1ccccc1)Cc1ccccc1. The number of rotatable bonds is 7. The summed E-state index contributed by atoms with van der Waals surface area (Å²) in [6.07, 6.45) is 1.35. The number of carbonyl (C=O) groups excluding carboxylic acids is 1. The van der Waals surface area contributed by atoms with Gasteiger partial charge in [-0.3, -0.25) is 9.00 Å². The molecule has 0 spiro atoms. The Morgan fingerprint density at radius 1 is 0.905 bits per heavy atom. The van der Waals surface area contributed by atoms with Crippen molar-refractivity contribution in [1.29, 1.82) is 0 Å². The first kappa shape index (κ1) is 15.4. The molecule has 0 saturated heterocycles. The van der Waals surface area contributed by atoms with Gasteiger partial charge >= 0.3 is 0 Å². The highest BCUT2D eigenvalue weighted by atomic mass is 32.2. The molecule has 1 unspecified atom stereocenters. The van der Waals surface area contributed by atoms with Crippen molar-refractivity contribution in [2.45, 2.75) is 18.1 Å². The number of primary amides is 1. The number of hydrogen-bond acceptors (Lipinski definition) is 2. The first-order valence-electron chi connectivity index (χ1n) is 6.88. The minimum Gasteiger partial charge on any atom is -0.369 e. The second-order valence-corrected chi connectivity index (χ2v) is 6.71. The van der Waals surface area contributed by atoms with Gasteiger partial charge in [0.25, 0.3) is 0 Å². The van der Waals surface area contributed by atoms with Crippen molar-refractivity contribution in [2.24, 2.45) is 5.73 Å². The molecule has 2 N–H and O–H groups in total. The lowest BCUT2D eigenvalue weighted by Crippen LogP contribution is -2.29. The average Bonchev–Trinajstić information content (AvgIpc) is 2.48. The Kier molecular flexibility index (Phi) is 5.69. The number of amides is 1. The molecule has 2 rings (SSSR count). The lowest BCUT2D eigenvalue weighted by atomic mass is 10.0. The molecule has 2 aromatic carbocycles. The fourth-order valence-corrected chi connectivity index (χ4v) is 3.54. The highest BCUT2D eigenvalue weighted by molar-refractivity contribution is 7.86. The molecule has 1 amide bonds. The van der Waals surface area contributed by atoms with Crippen LogP contribution in [-0.2, 0) is 28.4 Å². The summed E-state index contributed by atoms with van der Waals surface area (Å²) in [5, 5.41) is -0.109. The van der Waals surface area contributed by atoms with Gasteiger partial charge in [0.1, 0.15) is 5.75 Å². The van der Waals surface area contributed by atoms with Crippen LogP contribution in [0.4, 0.5) is 0 Å². The van der Waals surface area contributed by atoms with E-state index in [-0.39, 0.29) is 11.0 Å². The second-order valence-electron chi connectivity index (χ2n) is 4.99. The smallest absolute Gasteiger partial charge is 0.230 e. The van der Waals surface area contributed by atoms with E-state index in [2.05, 4.69) is 0 Å². The van der Waals surface area contributed by atoms with Crippen molar-refractivity contribution in [1.82, 2.24) is 0 Å². The topological polar surface area (TPSA) is 60.2 Å². The molecule has 2 aromatic rings. The minimum absolute atomic E-state index is 0.0790. The van der Waals surface area contributed by atoms with E-state index in [0.29, 0.717) is 12.8 Å². The van der Waals surface area contributed by atoms with Crippen molar-refractivity contribution in [3.8, 4) is 0 Å². The average molecular weight is 301 g/mol. The van der Waals surface area contributed by atoms with Crippen LogP contribution in [0.25, 0.3) is 0 Å². The van der Waals surface area contributed by atoms with E-state index < -0.39 is 16.7 Å². The maximum Gasteiger partial charge on any atom is 0.230 e. The van der Waals surface area contributed by atoms with Gasteiger partial charge in [0.15, 0.2) is 0 Å². The van der Waals surface area contributed by atoms with Crippen molar-refractivity contribution in [3.05, 3.63) is 71.8 Å². The number of hydrogen-bond donors (Lipinski definition) is 1. The van der Waals surface area contributed by atoms with E-state index in [9.17, 15) is 9.00 Å². The van der Waals surface area contributed by atoms with Crippen LogP contribution in [-0.4, -0.2) is 21.1 Å². The summed E-state index contributed by atoms with van der Waals surface area (Å²) in [5.74, 6) is -0.593. The standard InChI is InChI=1S/C17H19NO2S/c18-17(19)13-21(20)16(11-14-7-3-1-4-8-14)12-15-9-5-2-6-10-15/h1-10,16H,11-13H2,(H2,18,19). The van der Waals surface area contributed by atoms with Crippen LogP contribution in [0.15, 0.2) is 60.7 Å². The highest BCUT2D eigenvalue weighted by Gasteiger charge is 2.19. The quantitative estimate of drug-likeness (QED) is 0.851. The molecule has 4 heteroatoms. The van der Waals surface area contributed by atoms with Crippen LogP contribution in [0.3, 0.4) is 0 Å².